The van der Waals surface area contributed by atoms with Crippen LogP contribution in [-0.4, -0.2) is 19.0 Å². The standard InChI is InChI=1S/C21H23BrN2O/c22-18-7-5-6-17(16-18)8-13-21(25)23-19-9-11-20(12-10-19)24-14-3-1-2-4-15-24/h5-13,16H,1-4,14-15H2,(H,23,25)/b13-8+. The Morgan fingerprint density at radius 1 is 1.00 bits per heavy atom. The molecule has 0 aromatic heterocycles. The van der Waals surface area contributed by atoms with Crippen molar-refractivity contribution in [1.29, 1.82) is 0 Å². The first-order valence-corrected chi connectivity index (χ1v) is 9.60. The lowest BCUT2D eigenvalue weighted by atomic mass is 10.2. The second-order valence-corrected chi connectivity index (χ2v) is 7.24. The molecule has 1 aliphatic rings. The van der Waals surface area contributed by atoms with Gasteiger partial charge in [0.25, 0.3) is 0 Å². The molecule has 2 aromatic carbocycles. The normalized spacial score (nSPS) is 15.2. The molecule has 1 amide bonds. The van der Waals surface area contributed by atoms with Crippen molar-refractivity contribution in [1.82, 2.24) is 0 Å². The third kappa shape index (κ3) is 5.46. The topological polar surface area (TPSA) is 32.3 Å². The molecule has 0 unspecified atom stereocenters. The van der Waals surface area contributed by atoms with Crippen molar-refractivity contribution in [3.8, 4) is 0 Å². The van der Waals surface area contributed by atoms with Gasteiger partial charge in [-0.1, -0.05) is 40.9 Å². The molecule has 0 atom stereocenters. The Kier molecular flexibility index (Phi) is 6.29. The number of benzene rings is 2. The summed E-state index contributed by atoms with van der Waals surface area (Å²) in [5.41, 5.74) is 3.05. The monoisotopic (exact) mass is 398 g/mol. The van der Waals surface area contributed by atoms with Gasteiger partial charge in [0, 0.05) is 35.0 Å². The molecule has 3 nitrogen and oxygen atoms in total. The largest absolute Gasteiger partial charge is 0.372 e. The van der Waals surface area contributed by atoms with Gasteiger partial charge in [-0.25, -0.2) is 0 Å². The first-order valence-electron chi connectivity index (χ1n) is 8.80. The molecule has 25 heavy (non-hydrogen) atoms. The lowest BCUT2D eigenvalue weighted by Crippen LogP contribution is -2.23. The highest BCUT2D eigenvalue weighted by molar-refractivity contribution is 9.10. The van der Waals surface area contributed by atoms with Gasteiger partial charge in [-0.05, 0) is 60.9 Å². The molecular weight excluding hydrogens is 376 g/mol. The number of nitrogens with one attached hydrogen (secondary N) is 1. The number of amides is 1. The predicted octanol–water partition coefficient (Wildman–Crippen LogP) is 5.48. The Morgan fingerprint density at radius 2 is 1.72 bits per heavy atom. The quantitative estimate of drug-likeness (QED) is 0.691. The molecule has 4 heteroatoms. The maximum Gasteiger partial charge on any atom is 0.248 e. The van der Waals surface area contributed by atoms with E-state index in [9.17, 15) is 4.79 Å². The maximum atomic E-state index is 12.1. The third-order valence-electron chi connectivity index (χ3n) is 4.38. The van der Waals surface area contributed by atoms with E-state index < -0.39 is 0 Å². The number of carbonyl (C=O) groups excluding carboxylic acids is 1. The zero-order chi connectivity index (χ0) is 17.5. The van der Waals surface area contributed by atoms with Crippen LogP contribution in [0.5, 0.6) is 0 Å². The third-order valence-corrected chi connectivity index (χ3v) is 4.88. The Balaban J connectivity index is 1.58. The molecular formula is C21H23BrN2O. The van der Waals surface area contributed by atoms with Gasteiger partial charge >= 0.3 is 0 Å². The number of rotatable bonds is 4. The van der Waals surface area contributed by atoms with Crippen molar-refractivity contribution in [2.24, 2.45) is 0 Å². The van der Waals surface area contributed by atoms with E-state index in [0.717, 1.165) is 28.8 Å². The number of halogens is 1. The lowest BCUT2D eigenvalue weighted by Gasteiger charge is -2.22. The molecule has 1 N–H and O–H groups in total. The molecule has 0 spiro atoms. The Labute approximate surface area is 157 Å². The van der Waals surface area contributed by atoms with Gasteiger partial charge in [0.15, 0.2) is 0 Å². The van der Waals surface area contributed by atoms with Gasteiger partial charge in [-0.2, -0.15) is 0 Å². The Hall–Kier alpha value is -2.07. The van der Waals surface area contributed by atoms with Crippen LogP contribution < -0.4 is 10.2 Å². The summed E-state index contributed by atoms with van der Waals surface area (Å²) in [5.74, 6) is -0.123. The molecule has 0 saturated carbocycles. The van der Waals surface area contributed by atoms with E-state index in [1.54, 1.807) is 6.08 Å². The zero-order valence-electron chi connectivity index (χ0n) is 14.2. The molecule has 1 saturated heterocycles. The van der Waals surface area contributed by atoms with Crippen LogP contribution in [0.1, 0.15) is 31.2 Å². The van der Waals surface area contributed by atoms with Crippen LogP contribution in [0.4, 0.5) is 11.4 Å². The summed E-state index contributed by atoms with van der Waals surface area (Å²) in [5, 5.41) is 2.91. The van der Waals surface area contributed by atoms with Crippen molar-refractivity contribution in [2.45, 2.75) is 25.7 Å². The molecule has 3 rings (SSSR count). The molecule has 130 valence electrons. The van der Waals surface area contributed by atoms with Gasteiger partial charge in [0.05, 0.1) is 0 Å². The first kappa shape index (κ1) is 17.7. The molecule has 0 aliphatic carbocycles. The number of nitrogens with zero attached hydrogens (tertiary/aromatic N) is 1. The van der Waals surface area contributed by atoms with Crippen LogP contribution in [0.2, 0.25) is 0 Å². The van der Waals surface area contributed by atoms with E-state index in [2.05, 4.69) is 38.3 Å². The summed E-state index contributed by atoms with van der Waals surface area (Å²) >= 11 is 3.43. The van der Waals surface area contributed by atoms with Gasteiger partial charge in [0.1, 0.15) is 0 Å². The van der Waals surface area contributed by atoms with Crippen LogP contribution in [-0.2, 0) is 4.79 Å². The van der Waals surface area contributed by atoms with Crippen LogP contribution in [0.15, 0.2) is 59.1 Å². The van der Waals surface area contributed by atoms with Crippen LogP contribution in [0.25, 0.3) is 6.08 Å². The van der Waals surface area contributed by atoms with Crippen LogP contribution >= 0.6 is 15.9 Å². The smallest absolute Gasteiger partial charge is 0.248 e. The SMILES string of the molecule is O=C(/C=C/c1cccc(Br)c1)Nc1ccc(N2CCCCCC2)cc1. The maximum absolute atomic E-state index is 12.1. The fourth-order valence-corrected chi connectivity index (χ4v) is 3.47. The molecule has 1 aliphatic heterocycles. The van der Waals surface area contributed by atoms with Crippen molar-refractivity contribution in [3.63, 3.8) is 0 Å². The second kappa shape index (κ2) is 8.86. The number of hydrogen-bond donors (Lipinski definition) is 1. The Bertz CT molecular complexity index is 732. The van der Waals surface area contributed by atoms with E-state index >= 15 is 0 Å². The number of anilines is 2. The minimum atomic E-state index is -0.123. The van der Waals surface area contributed by atoms with Gasteiger partial charge in [-0.3, -0.25) is 4.79 Å². The van der Waals surface area contributed by atoms with Gasteiger partial charge in [-0.15, -0.1) is 0 Å². The summed E-state index contributed by atoms with van der Waals surface area (Å²) in [6, 6.07) is 16.0. The molecule has 2 aromatic rings. The average molecular weight is 399 g/mol. The minimum Gasteiger partial charge on any atom is -0.372 e. The highest BCUT2D eigenvalue weighted by Crippen LogP contribution is 2.21. The van der Waals surface area contributed by atoms with E-state index in [4.69, 9.17) is 0 Å². The number of hydrogen-bond acceptors (Lipinski definition) is 2. The summed E-state index contributed by atoms with van der Waals surface area (Å²) in [4.78, 5) is 14.5. The zero-order valence-corrected chi connectivity index (χ0v) is 15.8. The molecule has 0 bridgehead atoms. The van der Waals surface area contributed by atoms with Crippen molar-refractivity contribution in [2.75, 3.05) is 23.3 Å². The van der Waals surface area contributed by atoms with Crippen LogP contribution in [0.3, 0.4) is 0 Å². The number of carbonyl (C=O) groups is 1. The summed E-state index contributed by atoms with van der Waals surface area (Å²) in [6.07, 6.45) is 8.55. The summed E-state index contributed by atoms with van der Waals surface area (Å²) in [7, 11) is 0. The summed E-state index contributed by atoms with van der Waals surface area (Å²) < 4.78 is 0.999. The van der Waals surface area contributed by atoms with E-state index in [0.29, 0.717) is 0 Å². The minimum absolute atomic E-state index is 0.123. The molecule has 1 fully saturated rings. The van der Waals surface area contributed by atoms with Crippen LogP contribution in [0, 0.1) is 0 Å². The lowest BCUT2D eigenvalue weighted by molar-refractivity contribution is -0.111. The van der Waals surface area contributed by atoms with E-state index in [1.165, 1.54) is 31.4 Å². The first-order chi connectivity index (χ1) is 12.2. The van der Waals surface area contributed by atoms with Gasteiger partial charge in [0.2, 0.25) is 5.91 Å². The molecule has 1 heterocycles. The average Bonchev–Trinajstić information content (AvgIpc) is 2.90. The van der Waals surface area contributed by atoms with Gasteiger partial charge < -0.3 is 10.2 Å². The van der Waals surface area contributed by atoms with E-state index in [1.807, 2.05) is 42.5 Å². The fourth-order valence-electron chi connectivity index (χ4n) is 3.05. The summed E-state index contributed by atoms with van der Waals surface area (Å²) in [6.45, 7) is 2.25. The fraction of sp³-hybridized carbons (Fsp3) is 0.286. The van der Waals surface area contributed by atoms with Crippen molar-refractivity contribution >= 4 is 39.3 Å². The second-order valence-electron chi connectivity index (χ2n) is 6.33. The van der Waals surface area contributed by atoms with E-state index in [-0.39, 0.29) is 5.91 Å². The highest BCUT2D eigenvalue weighted by atomic mass is 79.9. The molecule has 0 radical (unpaired) electrons. The Morgan fingerprint density at radius 3 is 2.40 bits per heavy atom. The van der Waals surface area contributed by atoms with Crippen molar-refractivity contribution in [3.05, 3.63) is 64.6 Å². The predicted molar refractivity (Wildman–Crippen MR) is 109 cm³/mol. The highest BCUT2D eigenvalue weighted by Gasteiger charge is 2.09. The van der Waals surface area contributed by atoms with Crippen molar-refractivity contribution < 1.29 is 4.79 Å².